The minimum Gasteiger partial charge on any atom is -0.497 e. The highest BCUT2D eigenvalue weighted by Crippen LogP contribution is 2.20. The molecule has 0 aliphatic carbocycles. The summed E-state index contributed by atoms with van der Waals surface area (Å²) in [6.45, 7) is 0.823. The lowest BCUT2D eigenvalue weighted by Crippen LogP contribution is -2.26. The molecule has 0 aliphatic rings. The summed E-state index contributed by atoms with van der Waals surface area (Å²) in [5.41, 5.74) is 0.789. The van der Waals surface area contributed by atoms with E-state index < -0.39 is 10.0 Å². The molecule has 2 rings (SSSR count). The highest BCUT2D eigenvalue weighted by molar-refractivity contribution is 7.92. The summed E-state index contributed by atoms with van der Waals surface area (Å²) in [6, 6.07) is 12.3. The van der Waals surface area contributed by atoms with Crippen molar-refractivity contribution in [2.24, 2.45) is 0 Å². The number of anilines is 1. The van der Waals surface area contributed by atoms with E-state index >= 15 is 0 Å². The molecule has 0 spiro atoms. The van der Waals surface area contributed by atoms with Crippen LogP contribution in [-0.2, 0) is 14.8 Å². The van der Waals surface area contributed by atoms with Gasteiger partial charge in [-0.3, -0.25) is 9.52 Å². The Kier molecular flexibility index (Phi) is 6.37. The molecule has 2 aromatic rings. The Balaban J connectivity index is 2.08. The fraction of sp³-hybridized carbons (Fsp3) is 0.235. The fourth-order valence-electron chi connectivity index (χ4n) is 2.04. The lowest BCUT2D eigenvalue weighted by molar-refractivity contribution is 0.0937. The minimum atomic E-state index is -3.74. The average Bonchev–Trinajstić information content (AvgIpc) is 2.62. The molecule has 2 N–H and O–H groups in total. The molecule has 0 aromatic heterocycles. The van der Waals surface area contributed by atoms with E-state index in [4.69, 9.17) is 9.47 Å². The lowest BCUT2D eigenvalue weighted by Gasteiger charge is -2.10. The molecule has 25 heavy (non-hydrogen) atoms. The number of sulfonamides is 1. The molecule has 0 saturated heterocycles. The third kappa shape index (κ3) is 5.20. The molecule has 0 unspecified atom stereocenters. The third-order valence-electron chi connectivity index (χ3n) is 3.34. The molecule has 7 nitrogen and oxygen atoms in total. The monoisotopic (exact) mass is 364 g/mol. The Morgan fingerprint density at radius 2 is 1.80 bits per heavy atom. The molecule has 0 atom stereocenters. The summed E-state index contributed by atoms with van der Waals surface area (Å²) >= 11 is 0. The van der Waals surface area contributed by atoms with E-state index in [1.807, 2.05) is 0 Å². The maximum Gasteiger partial charge on any atom is 0.262 e. The molecule has 0 bridgehead atoms. The molecule has 134 valence electrons. The molecular formula is C17H20N2O5S. The molecular weight excluding hydrogens is 344 g/mol. The molecule has 0 saturated carbocycles. The van der Waals surface area contributed by atoms with E-state index in [0.29, 0.717) is 30.2 Å². The van der Waals surface area contributed by atoms with Crippen LogP contribution in [0.15, 0.2) is 53.4 Å². The van der Waals surface area contributed by atoms with Crippen molar-refractivity contribution < 1.29 is 22.7 Å². The number of rotatable bonds is 8. The first-order valence-corrected chi connectivity index (χ1v) is 8.98. The van der Waals surface area contributed by atoms with Gasteiger partial charge in [0, 0.05) is 31.0 Å². The van der Waals surface area contributed by atoms with Gasteiger partial charge in [0.2, 0.25) is 0 Å². The molecule has 1 amide bonds. The van der Waals surface area contributed by atoms with E-state index in [1.54, 1.807) is 31.4 Å². The summed E-state index contributed by atoms with van der Waals surface area (Å²) in [7, 11) is -0.725. The van der Waals surface area contributed by atoms with Crippen LogP contribution in [0.1, 0.15) is 10.4 Å². The van der Waals surface area contributed by atoms with Crippen LogP contribution < -0.4 is 14.8 Å². The van der Waals surface area contributed by atoms with E-state index in [2.05, 4.69) is 10.0 Å². The maximum absolute atomic E-state index is 12.4. The summed E-state index contributed by atoms with van der Waals surface area (Å²) in [5, 5.41) is 2.69. The van der Waals surface area contributed by atoms with Crippen LogP contribution in [0.5, 0.6) is 5.75 Å². The lowest BCUT2D eigenvalue weighted by atomic mass is 10.2. The van der Waals surface area contributed by atoms with E-state index in [9.17, 15) is 13.2 Å². The van der Waals surface area contributed by atoms with Crippen LogP contribution >= 0.6 is 0 Å². The van der Waals surface area contributed by atoms with Crippen LogP contribution in [0.3, 0.4) is 0 Å². The van der Waals surface area contributed by atoms with Crippen molar-refractivity contribution in [2.75, 3.05) is 32.1 Å². The molecule has 8 heteroatoms. The number of hydrogen-bond donors (Lipinski definition) is 2. The van der Waals surface area contributed by atoms with Gasteiger partial charge in [-0.05, 0) is 36.4 Å². The van der Waals surface area contributed by atoms with Gasteiger partial charge in [-0.25, -0.2) is 8.42 Å². The molecule has 2 aromatic carbocycles. The first-order valence-electron chi connectivity index (χ1n) is 7.50. The van der Waals surface area contributed by atoms with E-state index in [0.717, 1.165) is 0 Å². The van der Waals surface area contributed by atoms with Crippen molar-refractivity contribution in [3.63, 3.8) is 0 Å². The standard InChI is InChI=1S/C17H20N2O5S/c1-23-11-10-18-17(20)13-6-8-14(9-7-13)19-25(21,22)16-5-3-4-15(12-16)24-2/h3-9,12,19H,10-11H2,1-2H3,(H,18,20). The number of carbonyl (C=O) groups excluding carboxylic acids is 1. The van der Waals surface area contributed by atoms with Crippen LogP contribution in [0.25, 0.3) is 0 Å². The second-order valence-electron chi connectivity index (χ2n) is 5.11. The Labute approximate surface area is 147 Å². The van der Waals surface area contributed by atoms with Crippen molar-refractivity contribution in [2.45, 2.75) is 4.90 Å². The Bertz CT molecular complexity index is 819. The van der Waals surface area contributed by atoms with Gasteiger partial charge < -0.3 is 14.8 Å². The Hall–Kier alpha value is -2.58. The van der Waals surface area contributed by atoms with Gasteiger partial charge in [-0.15, -0.1) is 0 Å². The quantitative estimate of drug-likeness (QED) is 0.698. The number of hydrogen-bond acceptors (Lipinski definition) is 5. The molecule has 0 fully saturated rings. The number of carbonyl (C=O) groups is 1. The van der Waals surface area contributed by atoms with Gasteiger partial charge >= 0.3 is 0 Å². The smallest absolute Gasteiger partial charge is 0.262 e. The first-order chi connectivity index (χ1) is 12.0. The van der Waals surface area contributed by atoms with Gasteiger partial charge in [0.1, 0.15) is 5.75 Å². The number of ether oxygens (including phenoxy) is 2. The molecule has 0 heterocycles. The Morgan fingerprint density at radius 1 is 1.08 bits per heavy atom. The summed E-state index contributed by atoms with van der Waals surface area (Å²) in [6.07, 6.45) is 0. The van der Waals surface area contributed by atoms with Crippen LogP contribution in [-0.4, -0.2) is 41.7 Å². The number of methoxy groups -OCH3 is 2. The van der Waals surface area contributed by atoms with E-state index in [1.165, 1.54) is 31.4 Å². The molecule has 0 radical (unpaired) electrons. The van der Waals surface area contributed by atoms with Gasteiger partial charge in [0.05, 0.1) is 18.6 Å². The summed E-state index contributed by atoms with van der Waals surface area (Å²) < 4.78 is 37.2. The summed E-state index contributed by atoms with van der Waals surface area (Å²) in [5.74, 6) is 0.199. The van der Waals surface area contributed by atoms with Crippen molar-refractivity contribution in [1.29, 1.82) is 0 Å². The zero-order valence-electron chi connectivity index (χ0n) is 14.0. The number of nitrogens with one attached hydrogen (secondary N) is 2. The van der Waals surface area contributed by atoms with Crippen molar-refractivity contribution in [3.05, 3.63) is 54.1 Å². The first kappa shape index (κ1) is 18.8. The zero-order valence-corrected chi connectivity index (χ0v) is 14.8. The minimum absolute atomic E-state index is 0.0910. The van der Waals surface area contributed by atoms with Gasteiger partial charge in [0.15, 0.2) is 0 Å². The van der Waals surface area contributed by atoms with Gasteiger partial charge in [0.25, 0.3) is 15.9 Å². The average molecular weight is 364 g/mol. The highest BCUT2D eigenvalue weighted by atomic mass is 32.2. The van der Waals surface area contributed by atoms with Crippen LogP contribution in [0, 0.1) is 0 Å². The third-order valence-corrected chi connectivity index (χ3v) is 4.72. The number of amides is 1. The normalized spacial score (nSPS) is 11.0. The second kappa shape index (κ2) is 8.50. The van der Waals surface area contributed by atoms with E-state index in [-0.39, 0.29) is 10.8 Å². The SMILES string of the molecule is COCCNC(=O)c1ccc(NS(=O)(=O)c2cccc(OC)c2)cc1. The van der Waals surface area contributed by atoms with Crippen LogP contribution in [0.2, 0.25) is 0 Å². The second-order valence-corrected chi connectivity index (χ2v) is 6.79. The van der Waals surface area contributed by atoms with Crippen LogP contribution in [0.4, 0.5) is 5.69 Å². The Morgan fingerprint density at radius 3 is 2.44 bits per heavy atom. The molecule has 0 aliphatic heterocycles. The fourth-order valence-corrected chi connectivity index (χ4v) is 3.13. The van der Waals surface area contributed by atoms with Crippen molar-refractivity contribution in [1.82, 2.24) is 5.32 Å². The van der Waals surface area contributed by atoms with Gasteiger partial charge in [-0.1, -0.05) is 6.07 Å². The number of benzene rings is 2. The largest absolute Gasteiger partial charge is 0.497 e. The maximum atomic E-state index is 12.4. The highest BCUT2D eigenvalue weighted by Gasteiger charge is 2.15. The summed E-state index contributed by atoms with van der Waals surface area (Å²) in [4.78, 5) is 12.0. The van der Waals surface area contributed by atoms with Crippen molar-refractivity contribution >= 4 is 21.6 Å². The zero-order chi connectivity index (χ0) is 18.3. The van der Waals surface area contributed by atoms with Crippen molar-refractivity contribution in [3.8, 4) is 5.75 Å². The predicted molar refractivity (Wildman–Crippen MR) is 94.5 cm³/mol. The topological polar surface area (TPSA) is 93.7 Å². The van der Waals surface area contributed by atoms with Gasteiger partial charge in [-0.2, -0.15) is 0 Å². The predicted octanol–water partition coefficient (Wildman–Crippen LogP) is 1.87.